The van der Waals surface area contributed by atoms with Gasteiger partial charge in [0.05, 0.1) is 12.4 Å². The number of carbonyl (C=O) groups is 1. The average Bonchev–Trinajstić information content (AvgIpc) is 2.75. The van der Waals surface area contributed by atoms with E-state index in [4.69, 9.17) is 0 Å². The molecule has 1 fully saturated rings. The van der Waals surface area contributed by atoms with Crippen molar-refractivity contribution < 1.29 is 9.18 Å². The van der Waals surface area contributed by atoms with Crippen molar-refractivity contribution in [3.05, 3.63) is 78.5 Å². The molecule has 6 nitrogen and oxygen atoms in total. The van der Waals surface area contributed by atoms with E-state index >= 15 is 0 Å². The van der Waals surface area contributed by atoms with Gasteiger partial charge < -0.3 is 15.1 Å². The van der Waals surface area contributed by atoms with Gasteiger partial charge in [-0.3, -0.25) is 4.79 Å². The molecule has 0 unspecified atom stereocenters. The summed E-state index contributed by atoms with van der Waals surface area (Å²) in [5.74, 6) is -0.0811. The molecule has 1 aromatic heterocycles. The van der Waals surface area contributed by atoms with Gasteiger partial charge in [0.2, 0.25) is 0 Å². The number of hydrogen-bond acceptors (Lipinski definition) is 5. The summed E-state index contributed by atoms with van der Waals surface area (Å²) in [6.07, 6.45) is 3.06. The quantitative estimate of drug-likeness (QED) is 0.757. The summed E-state index contributed by atoms with van der Waals surface area (Å²) in [6, 6.07) is 16.1. The van der Waals surface area contributed by atoms with Crippen molar-refractivity contribution in [1.29, 1.82) is 0 Å². The van der Waals surface area contributed by atoms with E-state index in [9.17, 15) is 9.18 Å². The number of carbonyl (C=O) groups excluding carboxylic acids is 1. The highest BCUT2D eigenvalue weighted by molar-refractivity contribution is 6.02. The van der Waals surface area contributed by atoms with Crippen molar-refractivity contribution in [1.82, 2.24) is 9.97 Å². The van der Waals surface area contributed by atoms with Crippen LogP contribution in [-0.2, 0) is 0 Å². The minimum Gasteiger partial charge on any atom is -0.368 e. The van der Waals surface area contributed by atoms with E-state index < -0.39 is 11.7 Å². The van der Waals surface area contributed by atoms with E-state index in [0.717, 1.165) is 32.0 Å². The first kappa shape index (κ1) is 17.9. The van der Waals surface area contributed by atoms with Crippen molar-refractivity contribution in [3.8, 4) is 0 Å². The lowest BCUT2D eigenvalue weighted by molar-refractivity contribution is 0.102. The van der Waals surface area contributed by atoms with Gasteiger partial charge in [0.25, 0.3) is 5.91 Å². The van der Waals surface area contributed by atoms with E-state index in [1.807, 2.05) is 18.2 Å². The van der Waals surface area contributed by atoms with Gasteiger partial charge in [-0.05, 0) is 30.3 Å². The van der Waals surface area contributed by atoms with Gasteiger partial charge in [-0.1, -0.05) is 24.3 Å². The van der Waals surface area contributed by atoms with Crippen LogP contribution in [0.25, 0.3) is 0 Å². The molecular weight excluding hydrogens is 357 g/mol. The van der Waals surface area contributed by atoms with Crippen LogP contribution in [0.4, 0.5) is 21.6 Å². The van der Waals surface area contributed by atoms with Crippen LogP contribution in [-0.4, -0.2) is 42.1 Å². The fraction of sp³-hybridized carbons (Fsp3) is 0.190. The molecule has 1 N–H and O–H groups in total. The maximum absolute atomic E-state index is 13.2. The van der Waals surface area contributed by atoms with Crippen LogP contribution in [0.2, 0.25) is 0 Å². The van der Waals surface area contributed by atoms with Crippen LogP contribution in [0, 0.1) is 5.82 Å². The first-order chi connectivity index (χ1) is 13.7. The normalized spacial score (nSPS) is 14.0. The molecule has 0 radical (unpaired) electrons. The number of rotatable bonds is 4. The van der Waals surface area contributed by atoms with E-state index in [1.165, 1.54) is 30.1 Å². The Bertz CT molecular complexity index is 941. The van der Waals surface area contributed by atoms with Crippen LogP contribution in [0.1, 0.15) is 10.5 Å². The molecule has 0 bridgehead atoms. The summed E-state index contributed by atoms with van der Waals surface area (Å²) < 4.78 is 13.2. The summed E-state index contributed by atoms with van der Waals surface area (Å²) in [4.78, 5) is 25.4. The number of amides is 1. The molecule has 1 amide bonds. The summed E-state index contributed by atoms with van der Waals surface area (Å²) in [7, 11) is 0. The molecule has 0 atom stereocenters. The number of para-hydroxylation sites is 1. The van der Waals surface area contributed by atoms with Crippen LogP contribution in [0.5, 0.6) is 0 Å². The summed E-state index contributed by atoms with van der Waals surface area (Å²) in [5, 5.41) is 2.62. The zero-order valence-corrected chi connectivity index (χ0v) is 15.3. The molecule has 0 spiro atoms. The minimum absolute atomic E-state index is 0.191. The highest BCUT2D eigenvalue weighted by Gasteiger charge is 2.19. The summed E-state index contributed by atoms with van der Waals surface area (Å²) in [5.41, 5.74) is 1.79. The fourth-order valence-electron chi connectivity index (χ4n) is 3.20. The standard InChI is InChI=1S/C21H20FN5O/c22-16-5-4-6-17(13-16)25-21(28)19-14-24-20(15-23-19)27-11-9-26(10-12-27)18-7-2-1-3-8-18/h1-8,13-15H,9-12H2,(H,25,28). The second-order valence-electron chi connectivity index (χ2n) is 6.53. The number of nitrogens with one attached hydrogen (secondary N) is 1. The van der Waals surface area contributed by atoms with Gasteiger partial charge in [-0.25, -0.2) is 14.4 Å². The molecule has 142 valence electrons. The van der Waals surface area contributed by atoms with Gasteiger partial charge >= 0.3 is 0 Å². The predicted octanol–water partition coefficient (Wildman–Crippen LogP) is 3.19. The minimum atomic E-state index is -0.418. The Morgan fingerprint density at radius 1 is 0.893 bits per heavy atom. The molecule has 4 rings (SSSR count). The SMILES string of the molecule is O=C(Nc1cccc(F)c1)c1cnc(N2CCN(c3ccccc3)CC2)cn1. The first-order valence-corrected chi connectivity index (χ1v) is 9.13. The molecule has 1 aliphatic rings. The molecular formula is C21H20FN5O. The van der Waals surface area contributed by atoms with E-state index in [2.05, 4.69) is 37.2 Å². The Balaban J connectivity index is 1.36. The number of nitrogens with zero attached hydrogens (tertiary/aromatic N) is 4. The Labute approximate surface area is 162 Å². The number of anilines is 3. The van der Waals surface area contributed by atoms with Gasteiger partial charge in [0.1, 0.15) is 17.3 Å². The van der Waals surface area contributed by atoms with Crippen LogP contribution in [0.15, 0.2) is 67.0 Å². The first-order valence-electron chi connectivity index (χ1n) is 9.13. The van der Waals surface area contributed by atoms with Crippen molar-refractivity contribution in [3.63, 3.8) is 0 Å². The second-order valence-corrected chi connectivity index (χ2v) is 6.53. The lowest BCUT2D eigenvalue weighted by Crippen LogP contribution is -2.46. The van der Waals surface area contributed by atoms with E-state index in [-0.39, 0.29) is 5.69 Å². The zero-order chi connectivity index (χ0) is 19.3. The number of hydrogen-bond donors (Lipinski definition) is 1. The third-order valence-corrected chi connectivity index (χ3v) is 4.68. The Morgan fingerprint density at radius 2 is 1.64 bits per heavy atom. The van der Waals surface area contributed by atoms with Crippen LogP contribution >= 0.6 is 0 Å². The second kappa shape index (κ2) is 8.04. The lowest BCUT2D eigenvalue weighted by Gasteiger charge is -2.36. The predicted molar refractivity (Wildman–Crippen MR) is 107 cm³/mol. The Kier molecular flexibility index (Phi) is 5.14. The summed E-state index contributed by atoms with van der Waals surface area (Å²) in [6.45, 7) is 3.46. The molecule has 7 heteroatoms. The third-order valence-electron chi connectivity index (χ3n) is 4.68. The average molecular weight is 377 g/mol. The molecule has 2 heterocycles. The van der Waals surface area contributed by atoms with E-state index in [0.29, 0.717) is 5.69 Å². The Morgan fingerprint density at radius 3 is 2.32 bits per heavy atom. The molecule has 1 aliphatic heterocycles. The van der Waals surface area contributed by atoms with Gasteiger partial charge in [0.15, 0.2) is 0 Å². The molecule has 1 saturated heterocycles. The van der Waals surface area contributed by atoms with E-state index in [1.54, 1.807) is 12.3 Å². The van der Waals surface area contributed by atoms with Gasteiger partial charge in [-0.15, -0.1) is 0 Å². The maximum atomic E-state index is 13.2. The van der Waals surface area contributed by atoms with Gasteiger partial charge in [0, 0.05) is 37.6 Å². The lowest BCUT2D eigenvalue weighted by atomic mass is 10.2. The molecule has 0 saturated carbocycles. The Hall–Kier alpha value is -3.48. The zero-order valence-electron chi connectivity index (χ0n) is 15.3. The van der Waals surface area contributed by atoms with Crippen molar-refractivity contribution >= 4 is 23.1 Å². The smallest absolute Gasteiger partial charge is 0.275 e. The molecule has 28 heavy (non-hydrogen) atoms. The molecule has 0 aliphatic carbocycles. The van der Waals surface area contributed by atoms with Crippen molar-refractivity contribution in [2.75, 3.05) is 41.3 Å². The van der Waals surface area contributed by atoms with Crippen molar-refractivity contribution in [2.24, 2.45) is 0 Å². The van der Waals surface area contributed by atoms with Gasteiger partial charge in [-0.2, -0.15) is 0 Å². The molecule has 2 aromatic carbocycles. The monoisotopic (exact) mass is 377 g/mol. The number of aromatic nitrogens is 2. The number of benzene rings is 2. The number of piperazine rings is 1. The van der Waals surface area contributed by atoms with Crippen molar-refractivity contribution in [2.45, 2.75) is 0 Å². The van der Waals surface area contributed by atoms with Crippen LogP contribution in [0.3, 0.4) is 0 Å². The summed E-state index contributed by atoms with van der Waals surface area (Å²) >= 11 is 0. The molecule has 3 aromatic rings. The number of halogens is 1. The third kappa shape index (κ3) is 4.09. The maximum Gasteiger partial charge on any atom is 0.275 e. The largest absolute Gasteiger partial charge is 0.368 e. The highest BCUT2D eigenvalue weighted by atomic mass is 19.1. The topological polar surface area (TPSA) is 61.4 Å². The fourth-order valence-corrected chi connectivity index (χ4v) is 3.20. The highest BCUT2D eigenvalue weighted by Crippen LogP contribution is 2.18. The van der Waals surface area contributed by atoms with Crippen LogP contribution < -0.4 is 15.1 Å².